The molecule has 1 aliphatic rings. The van der Waals surface area contributed by atoms with Crippen molar-refractivity contribution in [1.29, 1.82) is 0 Å². The van der Waals surface area contributed by atoms with E-state index in [0.717, 1.165) is 16.9 Å². The first-order valence-electron chi connectivity index (χ1n) is 7.38. The number of aromatic hydroxyl groups is 1. The Balaban J connectivity index is 2.03. The lowest BCUT2D eigenvalue weighted by Crippen LogP contribution is -2.08. The Kier molecular flexibility index (Phi) is 3.94. The fraction of sp³-hybridized carbons (Fsp3) is 0.333. The Hall–Kier alpha value is -2.56. The number of hydrogen-bond donors (Lipinski definition) is 1. The zero-order valence-corrected chi connectivity index (χ0v) is 13.6. The Labute approximate surface area is 135 Å². The maximum absolute atomic E-state index is 9.69. The van der Waals surface area contributed by atoms with Crippen molar-refractivity contribution in [3.63, 3.8) is 0 Å². The zero-order chi connectivity index (χ0) is 16.6. The van der Waals surface area contributed by atoms with E-state index >= 15 is 0 Å². The second-order valence-corrected chi connectivity index (χ2v) is 5.51. The minimum absolute atomic E-state index is 0.0971. The van der Waals surface area contributed by atoms with E-state index in [9.17, 15) is 5.11 Å². The van der Waals surface area contributed by atoms with Crippen LogP contribution in [0.1, 0.15) is 30.1 Å². The normalized spacial score (nSPS) is 19.0. The van der Waals surface area contributed by atoms with Gasteiger partial charge < -0.3 is 24.1 Å². The lowest BCUT2D eigenvalue weighted by Gasteiger charge is -2.19. The summed E-state index contributed by atoms with van der Waals surface area (Å²) in [6, 6.07) is 8.96. The molecule has 0 saturated heterocycles. The van der Waals surface area contributed by atoms with Crippen molar-refractivity contribution in [3.8, 4) is 28.7 Å². The van der Waals surface area contributed by atoms with Gasteiger partial charge in [-0.15, -0.1) is 0 Å². The van der Waals surface area contributed by atoms with Crippen molar-refractivity contribution in [2.45, 2.75) is 18.9 Å². The summed E-state index contributed by atoms with van der Waals surface area (Å²) in [5, 5.41) is 9.69. The quantitative estimate of drug-likeness (QED) is 0.933. The molecule has 0 radical (unpaired) electrons. The molecular formula is C18H20O5. The third-order valence-electron chi connectivity index (χ3n) is 4.21. The van der Waals surface area contributed by atoms with Crippen LogP contribution in [0.25, 0.3) is 0 Å². The largest absolute Gasteiger partial charge is 0.508 e. The van der Waals surface area contributed by atoms with E-state index < -0.39 is 0 Å². The predicted molar refractivity (Wildman–Crippen MR) is 86.0 cm³/mol. The van der Waals surface area contributed by atoms with Gasteiger partial charge in [-0.2, -0.15) is 0 Å². The summed E-state index contributed by atoms with van der Waals surface area (Å²) in [6.07, 6.45) is -0.180. The maximum Gasteiger partial charge on any atom is 0.203 e. The van der Waals surface area contributed by atoms with Gasteiger partial charge in [0.15, 0.2) is 11.5 Å². The molecule has 0 amide bonds. The van der Waals surface area contributed by atoms with Gasteiger partial charge in [0.25, 0.3) is 0 Å². The van der Waals surface area contributed by atoms with Crippen LogP contribution in [0.5, 0.6) is 28.7 Å². The van der Waals surface area contributed by atoms with Gasteiger partial charge in [-0.05, 0) is 30.3 Å². The van der Waals surface area contributed by atoms with E-state index in [4.69, 9.17) is 18.9 Å². The number of benzene rings is 2. The van der Waals surface area contributed by atoms with Crippen molar-refractivity contribution >= 4 is 0 Å². The summed E-state index contributed by atoms with van der Waals surface area (Å²) in [5.41, 5.74) is 1.92. The Bertz CT molecular complexity index is 700. The van der Waals surface area contributed by atoms with Crippen molar-refractivity contribution in [2.24, 2.45) is 0 Å². The van der Waals surface area contributed by atoms with Crippen molar-refractivity contribution in [1.82, 2.24) is 0 Å². The van der Waals surface area contributed by atoms with Crippen LogP contribution in [0, 0.1) is 0 Å². The van der Waals surface area contributed by atoms with Crippen LogP contribution in [0.15, 0.2) is 30.3 Å². The molecule has 5 nitrogen and oxygen atoms in total. The van der Waals surface area contributed by atoms with Crippen molar-refractivity contribution in [3.05, 3.63) is 41.5 Å². The van der Waals surface area contributed by atoms with Gasteiger partial charge >= 0.3 is 0 Å². The van der Waals surface area contributed by atoms with Gasteiger partial charge in [0.2, 0.25) is 5.75 Å². The SMILES string of the molecule is COc1cc([C@@H]2Oc3ccc(O)cc3[C@H]2C)cc(OC)c1OC. The highest BCUT2D eigenvalue weighted by molar-refractivity contribution is 5.56. The fourth-order valence-corrected chi connectivity index (χ4v) is 3.02. The lowest BCUT2D eigenvalue weighted by atomic mass is 9.92. The second-order valence-electron chi connectivity index (χ2n) is 5.51. The Morgan fingerprint density at radius 2 is 1.61 bits per heavy atom. The van der Waals surface area contributed by atoms with Crippen LogP contribution in [0.2, 0.25) is 0 Å². The zero-order valence-electron chi connectivity index (χ0n) is 13.6. The highest BCUT2D eigenvalue weighted by Gasteiger charge is 2.33. The summed E-state index contributed by atoms with van der Waals surface area (Å²) in [6.45, 7) is 2.07. The first-order valence-corrected chi connectivity index (χ1v) is 7.38. The number of hydrogen-bond acceptors (Lipinski definition) is 5. The summed E-state index contributed by atoms with van der Waals surface area (Å²) < 4.78 is 22.2. The monoisotopic (exact) mass is 316 g/mol. The van der Waals surface area contributed by atoms with Gasteiger partial charge in [0.05, 0.1) is 21.3 Å². The first-order chi connectivity index (χ1) is 11.1. The molecule has 122 valence electrons. The lowest BCUT2D eigenvalue weighted by molar-refractivity contribution is 0.214. The molecule has 1 N–H and O–H groups in total. The van der Waals surface area contributed by atoms with E-state index in [1.807, 2.05) is 12.1 Å². The molecule has 2 aromatic rings. The molecule has 3 rings (SSSR count). The van der Waals surface area contributed by atoms with Crippen LogP contribution in [0.4, 0.5) is 0 Å². The molecule has 0 aromatic heterocycles. The molecule has 0 bridgehead atoms. The minimum Gasteiger partial charge on any atom is -0.508 e. The molecule has 23 heavy (non-hydrogen) atoms. The van der Waals surface area contributed by atoms with Crippen LogP contribution in [-0.4, -0.2) is 26.4 Å². The Morgan fingerprint density at radius 3 is 2.17 bits per heavy atom. The molecule has 0 spiro atoms. The fourth-order valence-electron chi connectivity index (χ4n) is 3.02. The third kappa shape index (κ3) is 2.52. The standard InChI is InChI=1S/C18H20O5/c1-10-13-9-12(19)5-6-14(13)23-17(10)11-7-15(20-2)18(22-4)16(8-11)21-3/h5-10,17,19H,1-4H3/t10-,17-/m1/s1. The number of phenols is 1. The number of fused-ring (bicyclic) bond motifs is 1. The molecule has 5 heteroatoms. The smallest absolute Gasteiger partial charge is 0.203 e. The summed E-state index contributed by atoms with van der Waals surface area (Å²) in [7, 11) is 4.76. The van der Waals surface area contributed by atoms with Gasteiger partial charge in [-0.3, -0.25) is 0 Å². The van der Waals surface area contributed by atoms with E-state index in [-0.39, 0.29) is 17.8 Å². The van der Waals surface area contributed by atoms with Crippen LogP contribution in [-0.2, 0) is 0 Å². The summed E-state index contributed by atoms with van der Waals surface area (Å²) >= 11 is 0. The molecule has 0 fully saturated rings. The van der Waals surface area contributed by atoms with Gasteiger partial charge in [0.1, 0.15) is 17.6 Å². The minimum atomic E-state index is -0.180. The molecule has 0 aliphatic carbocycles. The third-order valence-corrected chi connectivity index (χ3v) is 4.21. The van der Waals surface area contributed by atoms with E-state index in [1.165, 1.54) is 0 Å². The predicted octanol–water partition coefficient (Wildman–Crippen LogP) is 3.66. The van der Waals surface area contributed by atoms with Gasteiger partial charge in [-0.25, -0.2) is 0 Å². The number of ether oxygens (including phenoxy) is 4. The summed E-state index contributed by atoms with van der Waals surface area (Å²) in [4.78, 5) is 0. The molecule has 0 unspecified atom stereocenters. The first kappa shape index (κ1) is 15.3. The van der Waals surface area contributed by atoms with Crippen molar-refractivity contribution < 1.29 is 24.1 Å². The molecule has 1 heterocycles. The Morgan fingerprint density at radius 1 is 0.957 bits per heavy atom. The molecular weight excluding hydrogens is 296 g/mol. The summed E-state index contributed by atoms with van der Waals surface area (Å²) in [5.74, 6) is 2.87. The average Bonchev–Trinajstić information content (AvgIpc) is 2.90. The molecule has 0 saturated carbocycles. The number of methoxy groups -OCH3 is 3. The van der Waals surface area contributed by atoms with Gasteiger partial charge in [0, 0.05) is 17.0 Å². The second kappa shape index (κ2) is 5.91. The number of phenolic OH excluding ortho intramolecular Hbond substituents is 1. The molecule has 1 aliphatic heterocycles. The highest BCUT2D eigenvalue weighted by atomic mass is 16.5. The highest BCUT2D eigenvalue weighted by Crippen LogP contribution is 2.49. The average molecular weight is 316 g/mol. The van der Waals surface area contributed by atoms with E-state index in [1.54, 1.807) is 39.5 Å². The van der Waals surface area contributed by atoms with Gasteiger partial charge in [-0.1, -0.05) is 6.92 Å². The van der Waals surface area contributed by atoms with Crippen LogP contribution >= 0.6 is 0 Å². The van der Waals surface area contributed by atoms with Crippen molar-refractivity contribution in [2.75, 3.05) is 21.3 Å². The van der Waals surface area contributed by atoms with Crippen LogP contribution in [0.3, 0.4) is 0 Å². The maximum atomic E-state index is 9.69. The number of rotatable bonds is 4. The topological polar surface area (TPSA) is 57.2 Å². The van der Waals surface area contributed by atoms with Crippen LogP contribution < -0.4 is 18.9 Å². The van der Waals surface area contributed by atoms with E-state index in [0.29, 0.717) is 17.2 Å². The molecule has 2 atom stereocenters. The molecule has 2 aromatic carbocycles. The van der Waals surface area contributed by atoms with E-state index in [2.05, 4.69) is 6.92 Å².